The molecule has 0 aliphatic heterocycles. The van der Waals surface area contributed by atoms with Gasteiger partial charge in [0.25, 0.3) is 0 Å². The van der Waals surface area contributed by atoms with Gasteiger partial charge < -0.3 is 11.1 Å². The lowest BCUT2D eigenvalue weighted by Gasteiger charge is -1.64. The summed E-state index contributed by atoms with van der Waals surface area (Å²) in [6.45, 7) is 0. The van der Waals surface area contributed by atoms with E-state index >= 15 is 0 Å². The van der Waals surface area contributed by atoms with Crippen LogP contribution >= 0.6 is 12.6 Å². The van der Waals surface area contributed by atoms with Crippen molar-refractivity contribution in [3.63, 3.8) is 0 Å². The first-order valence-corrected chi connectivity index (χ1v) is 1.89. The molecule has 40 valence electrons. The van der Waals surface area contributed by atoms with E-state index in [0.29, 0.717) is 5.16 Å². The molecule has 7 heavy (non-hydrogen) atoms. The fourth-order valence-corrected chi connectivity index (χ4v) is 0.308. The number of H-pyrrole nitrogens is 1. The van der Waals surface area contributed by atoms with Crippen molar-refractivity contribution in [3.05, 3.63) is 6.33 Å². The second kappa shape index (κ2) is 2.59. The van der Waals surface area contributed by atoms with Crippen molar-refractivity contribution in [1.82, 2.24) is 21.3 Å². The Bertz CT molecular complexity index is 113. The number of nitrogens with zero attached hydrogens (tertiary/aromatic N) is 2. The maximum absolute atomic E-state index is 3.81. The Labute approximate surface area is 46.3 Å². The molecule has 1 heterocycles. The van der Waals surface area contributed by atoms with Crippen molar-refractivity contribution in [2.45, 2.75) is 5.16 Å². The summed E-state index contributed by atoms with van der Waals surface area (Å²) in [7, 11) is 0. The Balaban J connectivity index is 0.000000360. The Morgan fingerprint density at radius 2 is 2.43 bits per heavy atom. The molecule has 0 saturated carbocycles. The number of hydrogen-bond donors (Lipinski definition) is 3. The molecule has 0 unspecified atom stereocenters. The highest BCUT2D eigenvalue weighted by atomic mass is 32.1. The Morgan fingerprint density at radius 1 is 1.71 bits per heavy atom. The molecule has 5 heteroatoms. The molecule has 0 radical (unpaired) electrons. The molecule has 0 saturated heterocycles. The van der Waals surface area contributed by atoms with Crippen LogP contribution in [0, 0.1) is 0 Å². The number of hydrogen-bond acceptors (Lipinski definition) is 4. The summed E-state index contributed by atoms with van der Waals surface area (Å²) in [5.74, 6) is 0. The van der Waals surface area contributed by atoms with Gasteiger partial charge >= 0.3 is 0 Å². The van der Waals surface area contributed by atoms with Crippen molar-refractivity contribution in [3.8, 4) is 0 Å². The number of aromatic nitrogens is 3. The molecule has 0 aliphatic carbocycles. The molecule has 1 aromatic heterocycles. The molecule has 1 aromatic rings. The van der Waals surface area contributed by atoms with Crippen molar-refractivity contribution in [1.29, 1.82) is 0 Å². The van der Waals surface area contributed by atoms with Crippen LogP contribution < -0.4 is 6.15 Å². The van der Waals surface area contributed by atoms with E-state index in [0.717, 1.165) is 0 Å². The third-order valence-corrected chi connectivity index (χ3v) is 0.622. The van der Waals surface area contributed by atoms with Gasteiger partial charge in [-0.3, -0.25) is 0 Å². The summed E-state index contributed by atoms with van der Waals surface area (Å²) in [6.07, 6.45) is 1.47. The summed E-state index contributed by atoms with van der Waals surface area (Å²) in [4.78, 5) is 2.64. The monoisotopic (exact) mass is 118 g/mol. The topological polar surface area (TPSA) is 76.6 Å². The molecule has 0 amide bonds. The van der Waals surface area contributed by atoms with Gasteiger partial charge in [-0.15, -0.1) is 22.8 Å². The number of aromatic amines is 1. The van der Waals surface area contributed by atoms with Crippen LogP contribution in [0.1, 0.15) is 0 Å². The van der Waals surface area contributed by atoms with Crippen molar-refractivity contribution >= 4 is 12.6 Å². The molecule has 1 rings (SSSR count). The molecule has 0 aromatic carbocycles. The van der Waals surface area contributed by atoms with Crippen LogP contribution in [0.3, 0.4) is 0 Å². The highest BCUT2D eigenvalue weighted by molar-refractivity contribution is 7.80. The highest BCUT2D eigenvalue weighted by Crippen LogP contribution is 1.86. The number of thiol groups is 1. The summed E-state index contributed by atoms with van der Waals surface area (Å²) >= 11 is 3.81. The minimum atomic E-state index is 0. The van der Waals surface area contributed by atoms with Crippen molar-refractivity contribution < 1.29 is 0 Å². The lowest BCUT2D eigenvalue weighted by Crippen LogP contribution is -1.62. The van der Waals surface area contributed by atoms with Gasteiger partial charge in [0, 0.05) is 0 Å². The molecule has 0 spiro atoms. The van der Waals surface area contributed by atoms with E-state index in [1.165, 1.54) is 6.33 Å². The zero-order chi connectivity index (χ0) is 4.41. The van der Waals surface area contributed by atoms with E-state index in [1.807, 2.05) is 0 Å². The van der Waals surface area contributed by atoms with Crippen LogP contribution in [-0.2, 0) is 0 Å². The lowest BCUT2D eigenvalue weighted by molar-refractivity contribution is 0.980. The van der Waals surface area contributed by atoms with Gasteiger partial charge in [-0.1, -0.05) is 0 Å². The van der Waals surface area contributed by atoms with Crippen LogP contribution in [-0.4, -0.2) is 15.2 Å². The SMILES string of the molecule is N.Sc1nnc[nH]1. The highest BCUT2D eigenvalue weighted by Gasteiger charge is 1.76. The zero-order valence-electron chi connectivity index (χ0n) is 3.63. The molecular formula is C2H6N4S. The first-order valence-electron chi connectivity index (χ1n) is 1.44. The molecule has 0 atom stereocenters. The average molecular weight is 118 g/mol. The minimum Gasteiger partial charge on any atom is -0.344 e. The molecule has 0 bridgehead atoms. The van der Waals surface area contributed by atoms with E-state index in [2.05, 4.69) is 27.8 Å². The maximum atomic E-state index is 3.81. The summed E-state index contributed by atoms with van der Waals surface area (Å²) in [6, 6.07) is 0. The Hall–Kier alpha value is -0.550. The Kier molecular flexibility index (Phi) is 2.39. The lowest BCUT2D eigenvalue weighted by atomic mass is 11.3. The van der Waals surface area contributed by atoms with Gasteiger partial charge in [-0.25, -0.2) is 0 Å². The van der Waals surface area contributed by atoms with E-state index in [4.69, 9.17) is 0 Å². The normalized spacial score (nSPS) is 7.57. The van der Waals surface area contributed by atoms with E-state index in [-0.39, 0.29) is 6.15 Å². The van der Waals surface area contributed by atoms with Crippen LogP contribution in [0.4, 0.5) is 0 Å². The predicted molar refractivity (Wildman–Crippen MR) is 28.7 cm³/mol. The average Bonchev–Trinajstić information content (AvgIpc) is 1.86. The molecule has 4 nitrogen and oxygen atoms in total. The van der Waals surface area contributed by atoms with Gasteiger partial charge in [-0.05, 0) is 0 Å². The van der Waals surface area contributed by atoms with Gasteiger partial charge in [0.1, 0.15) is 6.33 Å². The molecular weight excluding hydrogens is 112 g/mol. The zero-order valence-corrected chi connectivity index (χ0v) is 4.52. The maximum Gasteiger partial charge on any atom is 0.185 e. The van der Waals surface area contributed by atoms with E-state index in [1.54, 1.807) is 0 Å². The van der Waals surface area contributed by atoms with E-state index < -0.39 is 0 Å². The number of nitrogens with one attached hydrogen (secondary N) is 1. The van der Waals surface area contributed by atoms with Crippen LogP contribution in [0.2, 0.25) is 0 Å². The predicted octanol–water partition coefficient (Wildman–Crippen LogP) is 0.255. The largest absolute Gasteiger partial charge is 0.344 e. The quantitative estimate of drug-likeness (QED) is 0.427. The van der Waals surface area contributed by atoms with Crippen LogP contribution in [0.15, 0.2) is 11.5 Å². The summed E-state index contributed by atoms with van der Waals surface area (Å²) in [5, 5.41) is 7.47. The van der Waals surface area contributed by atoms with Gasteiger partial charge in [-0.2, -0.15) is 0 Å². The fourth-order valence-electron chi connectivity index (χ4n) is 0.199. The van der Waals surface area contributed by atoms with Crippen molar-refractivity contribution in [2.24, 2.45) is 0 Å². The smallest absolute Gasteiger partial charge is 0.185 e. The second-order valence-electron chi connectivity index (χ2n) is 0.813. The second-order valence-corrected chi connectivity index (χ2v) is 1.24. The molecule has 0 fully saturated rings. The minimum absolute atomic E-state index is 0. The van der Waals surface area contributed by atoms with Gasteiger partial charge in [0.15, 0.2) is 5.16 Å². The van der Waals surface area contributed by atoms with E-state index in [9.17, 15) is 0 Å². The summed E-state index contributed by atoms with van der Waals surface area (Å²) in [5.41, 5.74) is 0. The molecule has 4 N–H and O–H groups in total. The summed E-state index contributed by atoms with van der Waals surface area (Å²) < 4.78 is 0. The fraction of sp³-hybridized carbons (Fsp3) is 0. The number of rotatable bonds is 0. The van der Waals surface area contributed by atoms with Gasteiger partial charge in [0.2, 0.25) is 0 Å². The molecule has 0 aliphatic rings. The Morgan fingerprint density at radius 3 is 2.57 bits per heavy atom. The standard InChI is InChI=1S/C2H3N3S.H3N/c6-2-3-1-4-5-2;/h1H,(H2,3,4,5,6);1H3. The van der Waals surface area contributed by atoms with Crippen LogP contribution in [0.25, 0.3) is 0 Å². The first-order chi connectivity index (χ1) is 2.89. The first kappa shape index (κ1) is 6.45. The van der Waals surface area contributed by atoms with Gasteiger partial charge in [0.05, 0.1) is 0 Å². The van der Waals surface area contributed by atoms with Crippen molar-refractivity contribution in [2.75, 3.05) is 0 Å². The van der Waals surface area contributed by atoms with Crippen LogP contribution in [0.5, 0.6) is 0 Å². The third kappa shape index (κ3) is 1.56. The third-order valence-electron chi connectivity index (χ3n) is 0.404.